The molecule has 0 amide bonds. The first kappa shape index (κ1) is 22.9. The van der Waals surface area contributed by atoms with Gasteiger partial charge in [0.2, 0.25) is 5.95 Å². The number of anilines is 1. The Morgan fingerprint density at radius 3 is 2.68 bits per heavy atom. The SMILES string of the molecule is CCCCCCNc1nc2c(c(=O)[nH]c(=O)n2C)n1CC(O)COc1ccc(Cl)cc1. The number of imidazole rings is 1. The van der Waals surface area contributed by atoms with E-state index in [0.29, 0.717) is 23.3 Å². The Labute approximate surface area is 184 Å². The maximum absolute atomic E-state index is 12.5. The lowest BCUT2D eigenvalue weighted by Gasteiger charge is -2.16. The first-order chi connectivity index (χ1) is 14.9. The molecule has 0 radical (unpaired) electrons. The zero-order chi connectivity index (χ0) is 22.4. The van der Waals surface area contributed by atoms with Crippen molar-refractivity contribution in [3.05, 3.63) is 50.1 Å². The van der Waals surface area contributed by atoms with Crippen LogP contribution in [0.4, 0.5) is 5.95 Å². The third-order valence-corrected chi connectivity index (χ3v) is 5.22. The molecular weight excluding hydrogens is 422 g/mol. The standard InChI is InChI=1S/C21H28ClN5O4/c1-3-4-5-6-11-23-20-24-18-17(19(29)25-21(30)26(18)2)27(20)12-15(28)13-31-16-9-7-14(22)8-10-16/h7-10,15,28H,3-6,11-13H2,1-2H3,(H,23,24)(H,25,29,30). The summed E-state index contributed by atoms with van der Waals surface area (Å²) < 4.78 is 8.50. The highest BCUT2D eigenvalue weighted by Crippen LogP contribution is 2.18. The Bertz CT molecular complexity index is 1120. The summed E-state index contributed by atoms with van der Waals surface area (Å²) in [6, 6.07) is 6.83. The maximum Gasteiger partial charge on any atom is 0.329 e. The van der Waals surface area contributed by atoms with E-state index in [4.69, 9.17) is 16.3 Å². The lowest BCUT2D eigenvalue weighted by Crippen LogP contribution is -2.31. The van der Waals surface area contributed by atoms with Gasteiger partial charge in [-0.1, -0.05) is 37.8 Å². The number of aliphatic hydroxyl groups is 1. The number of fused-ring (bicyclic) bond motifs is 1. The van der Waals surface area contributed by atoms with Gasteiger partial charge in [0.1, 0.15) is 18.5 Å². The largest absolute Gasteiger partial charge is 0.491 e. The molecule has 0 aliphatic carbocycles. The fraction of sp³-hybridized carbons (Fsp3) is 0.476. The Morgan fingerprint density at radius 2 is 1.97 bits per heavy atom. The summed E-state index contributed by atoms with van der Waals surface area (Å²) in [4.78, 5) is 31.2. The number of aliphatic hydroxyl groups excluding tert-OH is 1. The van der Waals surface area contributed by atoms with Crippen molar-refractivity contribution in [2.75, 3.05) is 18.5 Å². The molecule has 2 aromatic heterocycles. The molecule has 0 bridgehead atoms. The van der Waals surface area contributed by atoms with Crippen LogP contribution in [0, 0.1) is 0 Å². The van der Waals surface area contributed by atoms with Crippen LogP contribution < -0.4 is 21.3 Å². The van der Waals surface area contributed by atoms with Gasteiger partial charge in [-0.3, -0.25) is 14.3 Å². The van der Waals surface area contributed by atoms with Crippen molar-refractivity contribution in [1.82, 2.24) is 19.1 Å². The summed E-state index contributed by atoms with van der Waals surface area (Å²) in [5.41, 5.74) is -0.599. The van der Waals surface area contributed by atoms with E-state index in [1.165, 1.54) is 4.57 Å². The molecule has 168 valence electrons. The van der Waals surface area contributed by atoms with Crippen molar-refractivity contribution in [1.29, 1.82) is 0 Å². The minimum Gasteiger partial charge on any atom is -0.491 e. The van der Waals surface area contributed by atoms with Crippen LogP contribution in [0.15, 0.2) is 33.9 Å². The van der Waals surface area contributed by atoms with E-state index in [0.717, 1.165) is 25.7 Å². The van der Waals surface area contributed by atoms with Crippen LogP contribution in [0.2, 0.25) is 5.02 Å². The van der Waals surface area contributed by atoms with Crippen LogP contribution >= 0.6 is 11.6 Å². The highest BCUT2D eigenvalue weighted by atomic mass is 35.5. The zero-order valence-electron chi connectivity index (χ0n) is 17.7. The number of nitrogens with one attached hydrogen (secondary N) is 2. The second-order valence-electron chi connectivity index (χ2n) is 7.44. The van der Waals surface area contributed by atoms with Crippen molar-refractivity contribution in [3.63, 3.8) is 0 Å². The van der Waals surface area contributed by atoms with Crippen molar-refractivity contribution in [2.24, 2.45) is 7.05 Å². The number of aromatic amines is 1. The zero-order valence-corrected chi connectivity index (χ0v) is 18.5. The first-order valence-electron chi connectivity index (χ1n) is 10.4. The molecule has 0 spiro atoms. The average Bonchev–Trinajstić information content (AvgIpc) is 3.10. The fourth-order valence-electron chi connectivity index (χ4n) is 3.29. The van der Waals surface area contributed by atoms with Crippen LogP contribution in [0.1, 0.15) is 32.6 Å². The number of nitrogens with zero attached hydrogens (tertiary/aromatic N) is 3. The van der Waals surface area contributed by atoms with Crippen LogP contribution in [0.25, 0.3) is 11.2 Å². The molecule has 0 fully saturated rings. The monoisotopic (exact) mass is 449 g/mol. The highest BCUT2D eigenvalue weighted by Gasteiger charge is 2.19. The molecule has 1 atom stereocenters. The maximum atomic E-state index is 12.5. The second kappa shape index (κ2) is 10.5. The molecular formula is C21H28ClN5O4. The van der Waals surface area contributed by atoms with Gasteiger partial charge in [-0.05, 0) is 30.7 Å². The predicted octanol–water partition coefficient (Wildman–Crippen LogP) is 2.51. The lowest BCUT2D eigenvalue weighted by molar-refractivity contribution is 0.0938. The number of hydrogen-bond acceptors (Lipinski definition) is 6. The van der Waals surface area contributed by atoms with Gasteiger partial charge in [0.15, 0.2) is 11.2 Å². The van der Waals surface area contributed by atoms with E-state index in [2.05, 4.69) is 22.2 Å². The average molecular weight is 450 g/mol. The van der Waals surface area contributed by atoms with Crippen molar-refractivity contribution >= 4 is 28.7 Å². The topological polar surface area (TPSA) is 114 Å². The van der Waals surface area contributed by atoms with Gasteiger partial charge in [-0.2, -0.15) is 4.98 Å². The Kier molecular flexibility index (Phi) is 7.75. The quantitative estimate of drug-likeness (QED) is 0.387. The molecule has 0 aliphatic heterocycles. The van der Waals surface area contributed by atoms with E-state index in [1.807, 2.05) is 0 Å². The normalized spacial score (nSPS) is 12.3. The van der Waals surface area contributed by atoms with Crippen molar-refractivity contribution in [3.8, 4) is 5.75 Å². The van der Waals surface area contributed by atoms with Crippen molar-refractivity contribution in [2.45, 2.75) is 45.3 Å². The Morgan fingerprint density at radius 1 is 1.23 bits per heavy atom. The number of aromatic nitrogens is 4. The molecule has 3 N–H and O–H groups in total. The molecule has 1 aromatic carbocycles. The Hall–Kier alpha value is -2.78. The summed E-state index contributed by atoms with van der Waals surface area (Å²) in [5, 5.41) is 14.4. The summed E-state index contributed by atoms with van der Waals surface area (Å²) in [5.74, 6) is 1.01. The van der Waals surface area contributed by atoms with Crippen LogP contribution in [0.5, 0.6) is 5.75 Å². The van der Waals surface area contributed by atoms with Gasteiger partial charge in [0.05, 0.1) is 6.54 Å². The number of rotatable bonds is 11. The van der Waals surface area contributed by atoms with Gasteiger partial charge in [-0.15, -0.1) is 0 Å². The van der Waals surface area contributed by atoms with E-state index in [9.17, 15) is 14.7 Å². The molecule has 31 heavy (non-hydrogen) atoms. The number of ether oxygens (including phenoxy) is 1. The summed E-state index contributed by atoms with van der Waals surface area (Å²) >= 11 is 5.87. The molecule has 2 heterocycles. The number of aryl methyl sites for hydroxylation is 1. The third kappa shape index (κ3) is 5.68. The highest BCUT2D eigenvalue weighted by molar-refractivity contribution is 6.30. The van der Waals surface area contributed by atoms with Gasteiger partial charge < -0.3 is 19.7 Å². The predicted molar refractivity (Wildman–Crippen MR) is 121 cm³/mol. The molecule has 3 rings (SSSR count). The van der Waals surface area contributed by atoms with E-state index >= 15 is 0 Å². The van der Waals surface area contributed by atoms with Gasteiger partial charge in [-0.25, -0.2) is 4.79 Å². The summed E-state index contributed by atoms with van der Waals surface area (Å²) in [6.45, 7) is 2.91. The Balaban J connectivity index is 1.81. The minimum atomic E-state index is -0.912. The molecule has 0 saturated heterocycles. The number of halogens is 1. The minimum absolute atomic E-state index is 0.0148. The molecule has 1 unspecified atom stereocenters. The smallest absolute Gasteiger partial charge is 0.329 e. The number of unbranched alkanes of at least 4 members (excludes halogenated alkanes) is 3. The number of benzene rings is 1. The van der Waals surface area contributed by atoms with Crippen LogP contribution in [-0.4, -0.2) is 43.5 Å². The van der Waals surface area contributed by atoms with Gasteiger partial charge in [0, 0.05) is 18.6 Å². The summed E-state index contributed by atoms with van der Waals surface area (Å²) in [7, 11) is 1.54. The second-order valence-corrected chi connectivity index (χ2v) is 7.88. The third-order valence-electron chi connectivity index (χ3n) is 4.97. The van der Waals surface area contributed by atoms with E-state index in [1.54, 1.807) is 35.9 Å². The molecule has 0 aliphatic rings. The van der Waals surface area contributed by atoms with E-state index < -0.39 is 17.4 Å². The molecule has 0 saturated carbocycles. The fourth-order valence-corrected chi connectivity index (χ4v) is 3.41. The van der Waals surface area contributed by atoms with Crippen LogP contribution in [0.3, 0.4) is 0 Å². The lowest BCUT2D eigenvalue weighted by atomic mass is 10.2. The molecule has 10 heteroatoms. The van der Waals surface area contributed by atoms with Gasteiger partial charge >= 0.3 is 5.69 Å². The molecule has 9 nitrogen and oxygen atoms in total. The van der Waals surface area contributed by atoms with Crippen molar-refractivity contribution < 1.29 is 9.84 Å². The number of hydrogen-bond donors (Lipinski definition) is 3. The molecule has 3 aromatic rings. The summed E-state index contributed by atoms with van der Waals surface area (Å²) in [6.07, 6.45) is 3.41. The van der Waals surface area contributed by atoms with Crippen LogP contribution in [-0.2, 0) is 13.6 Å². The van der Waals surface area contributed by atoms with Gasteiger partial charge in [0.25, 0.3) is 5.56 Å². The number of H-pyrrole nitrogens is 1. The van der Waals surface area contributed by atoms with E-state index in [-0.39, 0.29) is 24.3 Å². The first-order valence-corrected chi connectivity index (χ1v) is 10.8.